The zero-order chi connectivity index (χ0) is 12.3. The molecule has 1 aromatic rings. The SMILES string of the molecule is Cn1ncc(C(O)CCCS(C)(=O)=O)c1N. The lowest BCUT2D eigenvalue weighted by molar-refractivity contribution is 0.167. The molecule has 1 unspecified atom stereocenters. The number of hydrogen-bond donors (Lipinski definition) is 2. The van der Waals surface area contributed by atoms with E-state index in [1.165, 1.54) is 17.1 Å². The van der Waals surface area contributed by atoms with Gasteiger partial charge in [-0.05, 0) is 12.8 Å². The highest BCUT2D eigenvalue weighted by atomic mass is 32.2. The molecule has 0 bridgehead atoms. The van der Waals surface area contributed by atoms with E-state index in [-0.39, 0.29) is 5.75 Å². The standard InChI is InChI=1S/C9H17N3O3S/c1-12-9(10)7(6-11-12)8(13)4-3-5-16(2,14)15/h6,8,13H,3-5,10H2,1-2H3. The van der Waals surface area contributed by atoms with Gasteiger partial charge in [0.05, 0.1) is 12.3 Å². The van der Waals surface area contributed by atoms with Crippen molar-refractivity contribution in [3.63, 3.8) is 0 Å². The summed E-state index contributed by atoms with van der Waals surface area (Å²) < 4.78 is 23.3. The summed E-state index contributed by atoms with van der Waals surface area (Å²) in [4.78, 5) is 0. The van der Waals surface area contributed by atoms with Gasteiger partial charge in [-0.25, -0.2) is 8.42 Å². The van der Waals surface area contributed by atoms with Gasteiger partial charge in [-0.15, -0.1) is 0 Å². The highest BCUT2D eigenvalue weighted by Gasteiger charge is 2.15. The van der Waals surface area contributed by atoms with Gasteiger partial charge >= 0.3 is 0 Å². The Labute approximate surface area is 95.0 Å². The van der Waals surface area contributed by atoms with Crippen molar-refractivity contribution in [1.82, 2.24) is 9.78 Å². The van der Waals surface area contributed by atoms with E-state index >= 15 is 0 Å². The molecule has 0 saturated heterocycles. The fraction of sp³-hybridized carbons (Fsp3) is 0.667. The van der Waals surface area contributed by atoms with Gasteiger partial charge in [-0.3, -0.25) is 4.68 Å². The number of sulfone groups is 1. The molecule has 6 nitrogen and oxygen atoms in total. The second kappa shape index (κ2) is 4.84. The van der Waals surface area contributed by atoms with Crippen molar-refractivity contribution < 1.29 is 13.5 Å². The van der Waals surface area contributed by atoms with Crippen LogP contribution in [0, 0.1) is 0 Å². The molecule has 0 fully saturated rings. The van der Waals surface area contributed by atoms with Crippen molar-refractivity contribution in [2.24, 2.45) is 7.05 Å². The lowest BCUT2D eigenvalue weighted by Crippen LogP contribution is -2.07. The van der Waals surface area contributed by atoms with Gasteiger partial charge in [0, 0.05) is 24.6 Å². The Balaban J connectivity index is 2.53. The molecule has 3 N–H and O–H groups in total. The third-order valence-corrected chi connectivity index (χ3v) is 3.40. The maximum atomic E-state index is 10.9. The van der Waals surface area contributed by atoms with Crippen LogP contribution in [0.15, 0.2) is 6.20 Å². The van der Waals surface area contributed by atoms with Crippen LogP contribution >= 0.6 is 0 Å². The molecule has 0 spiro atoms. The van der Waals surface area contributed by atoms with Crippen LogP contribution in [-0.2, 0) is 16.9 Å². The first kappa shape index (κ1) is 13.0. The zero-order valence-electron chi connectivity index (χ0n) is 9.42. The first-order chi connectivity index (χ1) is 7.31. The van der Waals surface area contributed by atoms with Crippen molar-refractivity contribution in [2.75, 3.05) is 17.7 Å². The summed E-state index contributed by atoms with van der Waals surface area (Å²) in [6, 6.07) is 0. The summed E-state index contributed by atoms with van der Waals surface area (Å²) in [5.41, 5.74) is 6.24. The Morgan fingerprint density at radius 1 is 1.62 bits per heavy atom. The molecule has 16 heavy (non-hydrogen) atoms. The molecule has 1 atom stereocenters. The number of nitrogens with zero attached hydrogens (tertiary/aromatic N) is 2. The lowest BCUT2D eigenvalue weighted by Gasteiger charge is -2.09. The largest absolute Gasteiger partial charge is 0.388 e. The minimum Gasteiger partial charge on any atom is -0.388 e. The van der Waals surface area contributed by atoms with Crippen LogP contribution in [0.2, 0.25) is 0 Å². The number of rotatable bonds is 5. The molecular weight excluding hydrogens is 230 g/mol. The van der Waals surface area contributed by atoms with Gasteiger partial charge in [0.15, 0.2) is 0 Å². The molecular formula is C9H17N3O3S. The van der Waals surface area contributed by atoms with Crippen molar-refractivity contribution in [3.05, 3.63) is 11.8 Å². The first-order valence-corrected chi connectivity index (χ1v) is 7.00. The quantitative estimate of drug-likeness (QED) is 0.754. The molecule has 0 aromatic carbocycles. The van der Waals surface area contributed by atoms with E-state index in [0.717, 1.165) is 0 Å². The Kier molecular flexibility index (Phi) is 3.93. The summed E-state index contributed by atoms with van der Waals surface area (Å²) in [5.74, 6) is 0.483. The third kappa shape index (κ3) is 3.49. The van der Waals surface area contributed by atoms with Gasteiger partial charge < -0.3 is 10.8 Å². The molecule has 0 aliphatic rings. The van der Waals surface area contributed by atoms with Crippen LogP contribution in [-0.4, -0.2) is 35.3 Å². The molecule has 0 radical (unpaired) electrons. The fourth-order valence-electron chi connectivity index (χ4n) is 1.42. The van der Waals surface area contributed by atoms with Gasteiger partial charge in [0.1, 0.15) is 15.7 Å². The molecule has 1 heterocycles. The topological polar surface area (TPSA) is 98.2 Å². The Hall–Kier alpha value is -1.08. The van der Waals surface area contributed by atoms with E-state index in [1.807, 2.05) is 0 Å². The summed E-state index contributed by atoms with van der Waals surface area (Å²) >= 11 is 0. The Morgan fingerprint density at radius 2 is 2.25 bits per heavy atom. The van der Waals surface area contributed by atoms with Crippen LogP contribution in [0.25, 0.3) is 0 Å². The van der Waals surface area contributed by atoms with Crippen LogP contribution in [0.3, 0.4) is 0 Å². The van der Waals surface area contributed by atoms with Crippen LogP contribution in [0.5, 0.6) is 0 Å². The first-order valence-electron chi connectivity index (χ1n) is 4.94. The third-order valence-electron chi connectivity index (χ3n) is 2.37. The maximum absolute atomic E-state index is 10.9. The van der Waals surface area contributed by atoms with Crippen molar-refractivity contribution in [1.29, 1.82) is 0 Å². The second-order valence-electron chi connectivity index (χ2n) is 3.90. The highest BCUT2D eigenvalue weighted by molar-refractivity contribution is 7.90. The summed E-state index contributed by atoms with van der Waals surface area (Å²) in [6.45, 7) is 0. The van der Waals surface area contributed by atoms with E-state index in [9.17, 15) is 13.5 Å². The van der Waals surface area contributed by atoms with Gasteiger partial charge in [-0.2, -0.15) is 5.10 Å². The Morgan fingerprint density at radius 3 is 2.69 bits per heavy atom. The normalized spacial score (nSPS) is 13.9. The van der Waals surface area contributed by atoms with Crippen LogP contribution in [0.4, 0.5) is 5.82 Å². The average molecular weight is 247 g/mol. The van der Waals surface area contributed by atoms with E-state index in [1.54, 1.807) is 7.05 Å². The van der Waals surface area contributed by atoms with E-state index in [0.29, 0.717) is 24.2 Å². The van der Waals surface area contributed by atoms with E-state index in [2.05, 4.69) is 5.10 Å². The highest BCUT2D eigenvalue weighted by Crippen LogP contribution is 2.23. The van der Waals surface area contributed by atoms with E-state index in [4.69, 9.17) is 5.73 Å². The summed E-state index contributed by atoms with van der Waals surface area (Å²) in [6.07, 6.45) is 2.70. The predicted molar refractivity (Wildman–Crippen MR) is 61.5 cm³/mol. The predicted octanol–water partition coefficient (Wildman–Crippen LogP) is -0.139. The van der Waals surface area contributed by atoms with Gasteiger partial charge in [0.2, 0.25) is 0 Å². The van der Waals surface area contributed by atoms with Gasteiger partial charge in [0.25, 0.3) is 0 Å². The molecule has 0 amide bonds. The number of nitrogens with two attached hydrogens (primary N) is 1. The summed E-state index contributed by atoms with van der Waals surface area (Å²) in [7, 11) is -1.29. The zero-order valence-corrected chi connectivity index (χ0v) is 10.2. The average Bonchev–Trinajstić information content (AvgIpc) is 2.45. The molecule has 0 saturated carbocycles. The van der Waals surface area contributed by atoms with E-state index < -0.39 is 15.9 Å². The van der Waals surface area contributed by atoms with Crippen LogP contribution < -0.4 is 5.73 Å². The van der Waals surface area contributed by atoms with Crippen LogP contribution in [0.1, 0.15) is 24.5 Å². The second-order valence-corrected chi connectivity index (χ2v) is 6.16. The number of hydrogen-bond acceptors (Lipinski definition) is 5. The molecule has 7 heteroatoms. The minimum absolute atomic E-state index is 0.0736. The van der Waals surface area contributed by atoms with Crippen molar-refractivity contribution in [3.8, 4) is 0 Å². The molecule has 92 valence electrons. The smallest absolute Gasteiger partial charge is 0.147 e. The number of aromatic nitrogens is 2. The van der Waals surface area contributed by atoms with Crippen molar-refractivity contribution >= 4 is 15.7 Å². The summed E-state index contributed by atoms with van der Waals surface area (Å²) in [5, 5.41) is 13.7. The lowest BCUT2D eigenvalue weighted by atomic mass is 10.1. The number of aliphatic hydroxyl groups is 1. The fourth-order valence-corrected chi connectivity index (χ4v) is 2.11. The molecule has 1 rings (SSSR count). The Bertz CT molecular complexity index is 453. The number of nitrogen functional groups attached to an aromatic ring is 1. The molecule has 0 aliphatic heterocycles. The number of aliphatic hydroxyl groups excluding tert-OH is 1. The molecule has 1 aromatic heterocycles. The maximum Gasteiger partial charge on any atom is 0.147 e. The molecule has 0 aliphatic carbocycles. The minimum atomic E-state index is -2.97. The number of anilines is 1. The number of aryl methyl sites for hydroxylation is 1. The van der Waals surface area contributed by atoms with Crippen molar-refractivity contribution in [2.45, 2.75) is 18.9 Å². The van der Waals surface area contributed by atoms with Gasteiger partial charge in [-0.1, -0.05) is 0 Å². The monoisotopic (exact) mass is 247 g/mol.